The Morgan fingerprint density at radius 2 is 2.04 bits per heavy atom. The minimum atomic E-state index is 0.783. The first-order chi connectivity index (χ1) is 11.3. The molecule has 1 rings (SSSR count). The molecular weight excluding hydrogens is 294 g/mol. The van der Waals surface area contributed by atoms with Crippen LogP contribution < -0.4 is 10.6 Å². The Labute approximate surface area is 141 Å². The van der Waals surface area contributed by atoms with Crippen molar-refractivity contribution >= 4 is 5.96 Å². The van der Waals surface area contributed by atoms with E-state index in [2.05, 4.69) is 39.4 Å². The number of likely N-dealkylation sites (N-methyl/N-ethyl adjacent to an activating group) is 1. The van der Waals surface area contributed by atoms with Crippen molar-refractivity contribution in [2.45, 2.75) is 13.3 Å². The van der Waals surface area contributed by atoms with Crippen molar-refractivity contribution in [2.24, 2.45) is 4.99 Å². The van der Waals surface area contributed by atoms with Gasteiger partial charge in [-0.05, 0) is 26.9 Å². The molecule has 0 aliphatic carbocycles. The number of nitrogens with one attached hydrogen (secondary N) is 2. The van der Waals surface area contributed by atoms with Gasteiger partial charge in [-0.1, -0.05) is 0 Å². The van der Waals surface area contributed by atoms with Gasteiger partial charge in [-0.25, -0.2) is 0 Å². The van der Waals surface area contributed by atoms with Crippen LogP contribution in [0, 0.1) is 0 Å². The number of nitrogens with zero attached hydrogens (tertiary/aromatic N) is 3. The van der Waals surface area contributed by atoms with Crippen LogP contribution in [0.4, 0.5) is 0 Å². The van der Waals surface area contributed by atoms with Gasteiger partial charge < -0.3 is 25.0 Å². The van der Waals surface area contributed by atoms with E-state index in [1.54, 1.807) is 7.11 Å². The number of hydrogen-bond donors (Lipinski definition) is 2. The second-order valence-corrected chi connectivity index (χ2v) is 5.79. The Balaban J connectivity index is 2.16. The van der Waals surface area contributed by atoms with Gasteiger partial charge in [-0.3, -0.25) is 9.89 Å². The highest BCUT2D eigenvalue weighted by Crippen LogP contribution is 1.94. The van der Waals surface area contributed by atoms with E-state index in [1.807, 2.05) is 0 Å². The van der Waals surface area contributed by atoms with Gasteiger partial charge in [0.1, 0.15) is 0 Å². The lowest BCUT2D eigenvalue weighted by Crippen LogP contribution is -2.44. The zero-order valence-corrected chi connectivity index (χ0v) is 15.1. The molecule has 1 fully saturated rings. The summed E-state index contributed by atoms with van der Waals surface area (Å²) in [6, 6.07) is 0. The highest BCUT2D eigenvalue weighted by atomic mass is 16.5. The van der Waals surface area contributed by atoms with Crippen molar-refractivity contribution < 1.29 is 9.47 Å². The lowest BCUT2D eigenvalue weighted by Gasteiger charge is -2.26. The lowest BCUT2D eigenvalue weighted by atomic mass is 10.4. The van der Waals surface area contributed by atoms with Crippen LogP contribution in [0.25, 0.3) is 0 Å². The van der Waals surface area contributed by atoms with Gasteiger partial charge in [0.25, 0.3) is 0 Å². The van der Waals surface area contributed by atoms with E-state index in [4.69, 9.17) is 9.47 Å². The maximum Gasteiger partial charge on any atom is 0.191 e. The molecule has 1 saturated heterocycles. The number of guanidine groups is 1. The summed E-state index contributed by atoms with van der Waals surface area (Å²) in [4.78, 5) is 9.34. The normalized spacial score (nSPS) is 16.8. The summed E-state index contributed by atoms with van der Waals surface area (Å²) in [6.07, 6.45) is 1.06. The van der Waals surface area contributed by atoms with Gasteiger partial charge in [0, 0.05) is 52.9 Å². The molecule has 0 aromatic heterocycles. The minimum absolute atomic E-state index is 0.783. The topological polar surface area (TPSA) is 61.4 Å². The van der Waals surface area contributed by atoms with Crippen LogP contribution >= 0.6 is 0 Å². The first-order valence-electron chi connectivity index (χ1n) is 8.76. The molecule has 1 aliphatic heterocycles. The molecule has 136 valence electrons. The maximum absolute atomic E-state index is 5.36. The van der Waals surface area contributed by atoms with Crippen LogP contribution in [0.3, 0.4) is 0 Å². The fourth-order valence-corrected chi connectivity index (χ4v) is 2.39. The number of ether oxygens (including phenoxy) is 2. The van der Waals surface area contributed by atoms with Crippen molar-refractivity contribution in [3.63, 3.8) is 0 Å². The third-order valence-corrected chi connectivity index (χ3v) is 3.81. The van der Waals surface area contributed by atoms with Crippen LogP contribution in [0.15, 0.2) is 4.99 Å². The Hall–Kier alpha value is -0.890. The lowest BCUT2D eigenvalue weighted by molar-refractivity contribution is 0.0389. The summed E-state index contributed by atoms with van der Waals surface area (Å²) in [5.74, 6) is 0.917. The molecular formula is C16H35N5O2. The molecule has 0 amide bonds. The summed E-state index contributed by atoms with van der Waals surface area (Å²) in [5.41, 5.74) is 0. The molecule has 1 heterocycles. The van der Waals surface area contributed by atoms with Gasteiger partial charge >= 0.3 is 0 Å². The Bertz CT molecular complexity index is 309. The molecule has 7 heteroatoms. The predicted octanol–water partition coefficient (Wildman–Crippen LogP) is -0.158. The summed E-state index contributed by atoms with van der Waals surface area (Å²) >= 11 is 0. The van der Waals surface area contributed by atoms with Gasteiger partial charge in [0.05, 0.1) is 19.8 Å². The minimum Gasteiger partial charge on any atom is -0.383 e. The van der Waals surface area contributed by atoms with Gasteiger partial charge in [-0.2, -0.15) is 0 Å². The van der Waals surface area contributed by atoms with E-state index >= 15 is 0 Å². The van der Waals surface area contributed by atoms with E-state index < -0.39 is 0 Å². The van der Waals surface area contributed by atoms with Crippen molar-refractivity contribution in [2.75, 3.05) is 86.3 Å². The van der Waals surface area contributed by atoms with E-state index in [0.717, 1.165) is 84.6 Å². The van der Waals surface area contributed by atoms with E-state index in [1.165, 1.54) is 0 Å². The average molecular weight is 329 g/mol. The van der Waals surface area contributed by atoms with Crippen LogP contribution in [0.1, 0.15) is 13.3 Å². The molecule has 2 N–H and O–H groups in total. The molecule has 1 aliphatic rings. The van der Waals surface area contributed by atoms with E-state index in [9.17, 15) is 0 Å². The molecule has 0 atom stereocenters. The molecule has 23 heavy (non-hydrogen) atoms. The van der Waals surface area contributed by atoms with Gasteiger partial charge in [-0.15, -0.1) is 0 Å². The zero-order chi connectivity index (χ0) is 16.8. The van der Waals surface area contributed by atoms with Gasteiger partial charge in [0.15, 0.2) is 5.96 Å². The smallest absolute Gasteiger partial charge is 0.191 e. The van der Waals surface area contributed by atoms with E-state index in [0.29, 0.717) is 0 Å². The molecule has 0 bridgehead atoms. The first-order valence-corrected chi connectivity index (χ1v) is 8.76. The standard InChI is InChI=1S/C16H35N5O2/c1-4-17-16(18-6-5-8-20(2)10-13-22-3)19-7-9-21-11-14-23-15-12-21/h4-15H2,1-3H3,(H2,17,18,19). The largest absolute Gasteiger partial charge is 0.383 e. The maximum atomic E-state index is 5.36. The zero-order valence-electron chi connectivity index (χ0n) is 15.1. The highest BCUT2D eigenvalue weighted by Gasteiger charge is 2.09. The number of hydrogen-bond acceptors (Lipinski definition) is 5. The van der Waals surface area contributed by atoms with E-state index in [-0.39, 0.29) is 0 Å². The van der Waals surface area contributed by atoms with Crippen LogP contribution in [0.5, 0.6) is 0 Å². The van der Waals surface area contributed by atoms with Gasteiger partial charge in [0.2, 0.25) is 0 Å². The predicted molar refractivity (Wildman–Crippen MR) is 95.2 cm³/mol. The summed E-state index contributed by atoms with van der Waals surface area (Å²) in [5, 5.41) is 6.72. The Morgan fingerprint density at radius 3 is 2.74 bits per heavy atom. The summed E-state index contributed by atoms with van der Waals surface area (Å²) in [7, 11) is 3.86. The summed E-state index contributed by atoms with van der Waals surface area (Å²) < 4.78 is 10.4. The molecule has 0 aromatic rings. The van der Waals surface area contributed by atoms with Crippen LogP contribution in [-0.4, -0.2) is 102 Å². The second kappa shape index (κ2) is 13.5. The molecule has 0 aromatic carbocycles. The first kappa shape index (κ1) is 20.2. The van der Waals surface area contributed by atoms with Crippen molar-refractivity contribution in [3.8, 4) is 0 Å². The van der Waals surface area contributed by atoms with Crippen molar-refractivity contribution in [1.82, 2.24) is 20.4 Å². The molecule has 0 spiro atoms. The Morgan fingerprint density at radius 1 is 1.26 bits per heavy atom. The number of morpholine rings is 1. The summed E-state index contributed by atoms with van der Waals surface area (Å²) in [6.45, 7) is 12.3. The van der Waals surface area contributed by atoms with Crippen LogP contribution in [0.2, 0.25) is 0 Å². The third kappa shape index (κ3) is 10.5. The monoisotopic (exact) mass is 329 g/mol. The highest BCUT2D eigenvalue weighted by molar-refractivity contribution is 5.79. The SMILES string of the molecule is CCNC(=NCCCN(C)CCOC)NCCN1CCOCC1. The van der Waals surface area contributed by atoms with Crippen LogP contribution in [-0.2, 0) is 9.47 Å². The fourth-order valence-electron chi connectivity index (χ4n) is 2.39. The van der Waals surface area contributed by atoms with Crippen molar-refractivity contribution in [1.29, 1.82) is 0 Å². The fraction of sp³-hybridized carbons (Fsp3) is 0.938. The second-order valence-electron chi connectivity index (χ2n) is 5.79. The number of methoxy groups -OCH3 is 1. The number of rotatable bonds is 11. The molecule has 0 radical (unpaired) electrons. The molecule has 0 unspecified atom stereocenters. The van der Waals surface area contributed by atoms with Crippen molar-refractivity contribution in [3.05, 3.63) is 0 Å². The Kier molecular flexibility index (Phi) is 11.9. The average Bonchev–Trinajstić information content (AvgIpc) is 2.57. The number of aliphatic imine (C=N–C) groups is 1. The quantitative estimate of drug-likeness (QED) is 0.312. The molecule has 0 saturated carbocycles. The third-order valence-electron chi connectivity index (χ3n) is 3.81. The molecule has 7 nitrogen and oxygen atoms in total.